The quantitative estimate of drug-likeness (QED) is 0.788. The summed E-state index contributed by atoms with van der Waals surface area (Å²) in [5, 5.41) is 3.39. The molecule has 1 aliphatic carbocycles. The first kappa shape index (κ1) is 11.0. The van der Waals surface area contributed by atoms with Crippen LogP contribution in [0.3, 0.4) is 0 Å². The fourth-order valence-electron chi connectivity index (χ4n) is 2.10. The number of nitrogens with zero attached hydrogens (tertiary/aromatic N) is 1. The van der Waals surface area contributed by atoms with Gasteiger partial charge in [0.1, 0.15) is 0 Å². The molecule has 1 aromatic carbocycles. The minimum absolute atomic E-state index is 0.814. The predicted molar refractivity (Wildman–Crippen MR) is 73.4 cm³/mol. The van der Waals surface area contributed by atoms with Crippen LogP contribution in [0, 0.1) is 12.8 Å². The van der Waals surface area contributed by atoms with Crippen LogP contribution in [0.1, 0.15) is 24.8 Å². The third-order valence-electron chi connectivity index (χ3n) is 3.47. The van der Waals surface area contributed by atoms with Crippen LogP contribution in [0.5, 0.6) is 0 Å². The molecule has 0 amide bonds. The van der Waals surface area contributed by atoms with E-state index in [4.69, 9.17) is 0 Å². The van der Waals surface area contributed by atoms with Crippen molar-refractivity contribution in [2.75, 3.05) is 11.9 Å². The molecule has 2 N–H and O–H groups in total. The summed E-state index contributed by atoms with van der Waals surface area (Å²) in [7, 11) is 0. The first-order chi connectivity index (χ1) is 8.33. The molecule has 0 radical (unpaired) electrons. The van der Waals surface area contributed by atoms with Gasteiger partial charge in [0.25, 0.3) is 0 Å². The number of rotatable bonds is 2. The predicted octanol–water partition coefficient (Wildman–Crippen LogP) is 3.17. The number of anilines is 1. The second kappa shape index (κ2) is 4.61. The van der Waals surface area contributed by atoms with E-state index in [9.17, 15) is 0 Å². The summed E-state index contributed by atoms with van der Waals surface area (Å²) < 4.78 is 3.26. The Labute approximate surface area is 106 Å². The minimum Gasteiger partial charge on any atom is -0.324 e. The number of aliphatic imine (C=N–C) groups is 1. The Morgan fingerprint density at radius 2 is 2.29 bits per heavy atom. The first-order valence-electron chi connectivity index (χ1n) is 6.17. The van der Waals surface area contributed by atoms with Crippen LogP contribution in [0.25, 0.3) is 0 Å². The third kappa shape index (κ3) is 2.27. The van der Waals surface area contributed by atoms with Crippen LogP contribution in [0.2, 0.25) is 0 Å². The fraction of sp³-hybridized carbons (Fsp3) is 0.462. The molecule has 0 atom stereocenters. The number of hydrogen-bond donors (Lipinski definition) is 2. The maximum absolute atomic E-state index is 4.62. The summed E-state index contributed by atoms with van der Waals surface area (Å²) in [6.07, 6.45) is 4.08. The van der Waals surface area contributed by atoms with Crippen molar-refractivity contribution in [3.63, 3.8) is 0 Å². The Bertz CT molecular complexity index is 452. The highest BCUT2D eigenvalue weighted by Gasteiger charge is 2.18. The van der Waals surface area contributed by atoms with E-state index in [-0.39, 0.29) is 0 Å². The van der Waals surface area contributed by atoms with Crippen LogP contribution < -0.4 is 10.0 Å². The molecule has 90 valence electrons. The SMILES string of the molecule is Cc1cccc2c1NC(=NCC1CCC1)NS2. The topological polar surface area (TPSA) is 36.4 Å². The van der Waals surface area contributed by atoms with Crippen molar-refractivity contribution in [3.05, 3.63) is 23.8 Å². The average molecular weight is 247 g/mol. The van der Waals surface area contributed by atoms with Crippen molar-refractivity contribution >= 4 is 23.6 Å². The van der Waals surface area contributed by atoms with Gasteiger partial charge >= 0.3 is 0 Å². The molecule has 0 unspecified atom stereocenters. The molecule has 3 rings (SSSR count). The highest BCUT2D eigenvalue weighted by Crippen LogP contribution is 2.31. The molecule has 1 aliphatic heterocycles. The van der Waals surface area contributed by atoms with Gasteiger partial charge in [-0.1, -0.05) is 18.6 Å². The maximum atomic E-state index is 4.62. The van der Waals surface area contributed by atoms with Crippen molar-refractivity contribution < 1.29 is 0 Å². The number of hydrogen-bond acceptors (Lipinski definition) is 2. The average Bonchev–Trinajstić information content (AvgIpc) is 2.28. The zero-order valence-electron chi connectivity index (χ0n) is 9.99. The van der Waals surface area contributed by atoms with Crippen molar-refractivity contribution in [1.82, 2.24) is 4.72 Å². The fourth-order valence-corrected chi connectivity index (χ4v) is 2.88. The lowest BCUT2D eigenvalue weighted by Gasteiger charge is -2.25. The number of fused-ring (bicyclic) bond motifs is 1. The summed E-state index contributed by atoms with van der Waals surface area (Å²) >= 11 is 1.64. The van der Waals surface area contributed by atoms with Crippen LogP contribution in [-0.4, -0.2) is 12.5 Å². The number of nitrogens with one attached hydrogen (secondary N) is 2. The van der Waals surface area contributed by atoms with Crippen LogP contribution in [-0.2, 0) is 0 Å². The van der Waals surface area contributed by atoms with E-state index >= 15 is 0 Å². The normalized spacial score (nSPS) is 21.4. The van der Waals surface area contributed by atoms with Crippen LogP contribution >= 0.6 is 11.9 Å². The number of aryl methyl sites for hydroxylation is 1. The largest absolute Gasteiger partial charge is 0.324 e. The van der Waals surface area contributed by atoms with Gasteiger partial charge < -0.3 is 5.32 Å². The molecule has 1 fully saturated rings. The number of guanidine groups is 1. The Morgan fingerprint density at radius 3 is 3.06 bits per heavy atom. The highest BCUT2D eigenvalue weighted by atomic mass is 32.2. The van der Waals surface area contributed by atoms with Gasteiger partial charge in [-0.25, -0.2) is 0 Å². The van der Waals surface area contributed by atoms with E-state index < -0.39 is 0 Å². The molecular formula is C13H17N3S. The smallest absolute Gasteiger partial charge is 0.206 e. The van der Waals surface area contributed by atoms with Gasteiger partial charge in [-0.3, -0.25) is 9.71 Å². The minimum atomic E-state index is 0.814. The lowest BCUT2D eigenvalue weighted by molar-refractivity contribution is 0.326. The second-order valence-electron chi connectivity index (χ2n) is 4.76. The van der Waals surface area contributed by atoms with E-state index in [2.05, 4.69) is 40.2 Å². The maximum Gasteiger partial charge on any atom is 0.206 e. The molecule has 2 aliphatic rings. The second-order valence-corrected chi connectivity index (χ2v) is 5.61. The van der Waals surface area contributed by atoms with Crippen LogP contribution in [0.15, 0.2) is 28.1 Å². The molecular weight excluding hydrogens is 230 g/mol. The van der Waals surface area contributed by atoms with Gasteiger partial charge in [0.05, 0.1) is 10.6 Å². The van der Waals surface area contributed by atoms with Gasteiger partial charge in [-0.15, -0.1) is 0 Å². The molecule has 1 saturated carbocycles. The van der Waals surface area contributed by atoms with Crippen LogP contribution in [0.4, 0.5) is 5.69 Å². The molecule has 0 spiro atoms. The Hall–Kier alpha value is -1.16. The summed E-state index contributed by atoms with van der Waals surface area (Å²) in [4.78, 5) is 5.86. The molecule has 3 nitrogen and oxygen atoms in total. The van der Waals surface area contributed by atoms with E-state index in [1.807, 2.05) is 0 Å². The molecule has 4 heteroatoms. The lowest BCUT2D eigenvalue weighted by atomic mass is 9.86. The summed E-state index contributed by atoms with van der Waals surface area (Å²) in [5.41, 5.74) is 2.47. The van der Waals surface area contributed by atoms with Crippen molar-refractivity contribution in [3.8, 4) is 0 Å². The van der Waals surface area contributed by atoms with Gasteiger partial charge in [0.2, 0.25) is 5.96 Å². The van der Waals surface area contributed by atoms with E-state index in [0.717, 1.165) is 18.4 Å². The van der Waals surface area contributed by atoms with Crippen molar-refractivity contribution in [1.29, 1.82) is 0 Å². The highest BCUT2D eigenvalue weighted by molar-refractivity contribution is 7.98. The number of para-hydroxylation sites is 1. The monoisotopic (exact) mass is 247 g/mol. The van der Waals surface area contributed by atoms with Gasteiger partial charge in [0.15, 0.2) is 0 Å². The Kier molecular flexibility index (Phi) is 2.97. The zero-order chi connectivity index (χ0) is 11.7. The van der Waals surface area contributed by atoms with Gasteiger partial charge in [-0.2, -0.15) is 0 Å². The molecule has 1 heterocycles. The van der Waals surface area contributed by atoms with E-state index in [1.165, 1.54) is 35.4 Å². The summed E-state index contributed by atoms with van der Waals surface area (Å²) in [6.45, 7) is 3.08. The van der Waals surface area contributed by atoms with Gasteiger partial charge in [-0.05, 0) is 49.3 Å². The van der Waals surface area contributed by atoms with Crippen molar-refractivity contribution in [2.45, 2.75) is 31.1 Å². The molecule has 0 aromatic heterocycles. The zero-order valence-corrected chi connectivity index (χ0v) is 10.8. The third-order valence-corrected chi connectivity index (χ3v) is 4.32. The molecule has 1 aromatic rings. The standard InChI is InChI=1S/C13H17N3S/c1-9-4-2-7-11-12(9)15-13(16-17-11)14-8-10-5-3-6-10/h2,4,7,10H,3,5-6,8H2,1H3,(H2,14,15,16). The van der Waals surface area contributed by atoms with E-state index in [0.29, 0.717) is 0 Å². The van der Waals surface area contributed by atoms with Gasteiger partial charge in [0, 0.05) is 6.54 Å². The first-order valence-corrected chi connectivity index (χ1v) is 6.98. The van der Waals surface area contributed by atoms with Crippen molar-refractivity contribution in [2.24, 2.45) is 10.9 Å². The van der Waals surface area contributed by atoms with E-state index in [1.54, 1.807) is 11.9 Å². The lowest BCUT2D eigenvalue weighted by Crippen LogP contribution is -2.31. The summed E-state index contributed by atoms with van der Waals surface area (Å²) in [5.74, 6) is 1.72. The Morgan fingerprint density at radius 1 is 1.41 bits per heavy atom. The molecule has 0 bridgehead atoms. The molecule has 0 saturated heterocycles. The number of benzene rings is 1. The Balaban J connectivity index is 1.72. The summed E-state index contributed by atoms with van der Waals surface area (Å²) in [6, 6.07) is 6.33. The molecule has 17 heavy (non-hydrogen) atoms.